The lowest BCUT2D eigenvalue weighted by atomic mass is 10.2. The van der Waals surface area contributed by atoms with Gasteiger partial charge < -0.3 is 4.52 Å². The van der Waals surface area contributed by atoms with Gasteiger partial charge in [0.15, 0.2) is 11.6 Å². The second kappa shape index (κ2) is 7.57. The third-order valence-electron chi connectivity index (χ3n) is 4.50. The van der Waals surface area contributed by atoms with Crippen molar-refractivity contribution >= 4 is 0 Å². The van der Waals surface area contributed by atoms with Crippen LogP contribution < -0.4 is 0 Å². The van der Waals surface area contributed by atoms with Gasteiger partial charge in [0.25, 0.3) is 0 Å². The molecule has 25 heavy (non-hydrogen) atoms. The van der Waals surface area contributed by atoms with Gasteiger partial charge in [0.05, 0.1) is 24.8 Å². The largest absolute Gasteiger partial charge is 0.360 e. The first-order valence-corrected chi connectivity index (χ1v) is 8.68. The van der Waals surface area contributed by atoms with Crippen molar-refractivity contribution in [2.75, 3.05) is 20.1 Å². The highest BCUT2D eigenvalue weighted by Crippen LogP contribution is 2.24. The standard InChI is InChI=1S/C16H26FN7O/c1-11(2)24-16(18-20-21-24)10-22(4)8-14-6-13(17)7-23(14)9-15-5-12(3)19-25-15/h5,11,13-14H,6-10H2,1-4H3/t13-,14-/m0/s1. The summed E-state index contributed by atoms with van der Waals surface area (Å²) in [5.41, 5.74) is 0.847. The average Bonchev–Trinajstić information content (AvgIpc) is 3.22. The van der Waals surface area contributed by atoms with E-state index < -0.39 is 6.17 Å². The van der Waals surface area contributed by atoms with Gasteiger partial charge in [-0.05, 0) is 44.7 Å². The smallest absolute Gasteiger partial charge is 0.165 e. The van der Waals surface area contributed by atoms with Gasteiger partial charge in [-0.1, -0.05) is 5.16 Å². The van der Waals surface area contributed by atoms with Gasteiger partial charge in [-0.15, -0.1) is 5.10 Å². The van der Waals surface area contributed by atoms with Crippen molar-refractivity contribution < 1.29 is 8.91 Å². The molecule has 0 saturated carbocycles. The first-order chi connectivity index (χ1) is 11.9. The summed E-state index contributed by atoms with van der Waals surface area (Å²) in [5, 5.41) is 15.8. The molecule has 0 aliphatic carbocycles. The van der Waals surface area contributed by atoms with E-state index in [0.717, 1.165) is 23.8 Å². The Morgan fingerprint density at radius 2 is 2.24 bits per heavy atom. The lowest BCUT2D eigenvalue weighted by Crippen LogP contribution is -2.38. The highest BCUT2D eigenvalue weighted by atomic mass is 19.1. The zero-order chi connectivity index (χ0) is 18.0. The molecule has 8 nitrogen and oxygen atoms in total. The van der Waals surface area contributed by atoms with Crippen LogP contribution in [-0.4, -0.2) is 67.5 Å². The van der Waals surface area contributed by atoms with Gasteiger partial charge in [0.2, 0.25) is 0 Å². The first kappa shape index (κ1) is 17.9. The number of likely N-dealkylation sites (N-methyl/N-ethyl adjacent to an activating group) is 1. The molecule has 2 aromatic heterocycles. The number of aromatic nitrogens is 5. The lowest BCUT2D eigenvalue weighted by Gasteiger charge is -2.27. The van der Waals surface area contributed by atoms with Crippen LogP contribution in [0.1, 0.15) is 43.6 Å². The molecule has 2 aromatic rings. The second-order valence-electron chi connectivity index (χ2n) is 7.18. The van der Waals surface area contributed by atoms with Crippen molar-refractivity contribution in [1.82, 2.24) is 35.2 Å². The molecule has 0 bridgehead atoms. The monoisotopic (exact) mass is 351 g/mol. The van der Waals surface area contributed by atoms with Crippen LogP contribution in [0.4, 0.5) is 4.39 Å². The minimum Gasteiger partial charge on any atom is -0.360 e. The maximum atomic E-state index is 14.0. The van der Waals surface area contributed by atoms with Crippen molar-refractivity contribution in [1.29, 1.82) is 0 Å². The summed E-state index contributed by atoms with van der Waals surface area (Å²) in [6.07, 6.45) is -0.268. The topological polar surface area (TPSA) is 76.1 Å². The number of alkyl halides is 1. The Balaban J connectivity index is 1.60. The normalized spacial score (nSPS) is 21.7. The maximum Gasteiger partial charge on any atom is 0.165 e. The summed E-state index contributed by atoms with van der Waals surface area (Å²) in [6.45, 7) is 8.38. The SMILES string of the molecule is Cc1cc(CN2C[C@@H](F)C[C@H]2CN(C)Cc2nnnn2C(C)C)on1. The molecule has 3 rings (SSSR count). The molecule has 9 heteroatoms. The molecule has 0 N–H and O–H groups in total. The van der Waals surface area contributed by atoms with E-state index in [1.54, 1.807) is 0 Å². The van der Waals surface area contributed by atoms with Gasteiger partial charge in [0.1, 0.15) is 6.17 Å². The van der Waals surface area contributed by atoms with Crippen molar-refractivity contribution in [2.24, 2.45) is 0 Å². The number of nitrogens with zero attached hydrogens (tertiary/aromatic N) is 7. The molecule has 1 fully saturated rings. The van der Waals surface area contributed by atoms with Crippen LogP contribution in [0.5, 0.6) is 0 Å². The number of likely N-dealkylation sites (tertiary alicyclic amines) is 1. The Kier molecular flexibility index (Phi) is 5.43. The third-order valence-corrected chi connectivity index (χ3v) is 4.50. The summed E-state index contributed by atoms with van der Waals surface area (Å²) in [7, 11) is 2.02. The Bertz CT molecular complexity index is 686. The van der Waals surface area contributed by atoms with Gasteiger partial charge in [-0.25, -0.2) is 9.07 Å². The Morgan fingerprint density at radius 3 is 2.92 bits per heavy atom. The molecule has 0 amide bonds. The predicted octanol–water partition coefficient (Wildman–Crippen LogP) is 1.59. The summed E-state index contributed by atoms with van der Waals surface area (Å²) < 4.78 is 21.1. The summed E-state index contributed by atoms with van der Waals surface area (Å²) in [4.78, 5) is 4.28. The zero-order valence-corrected chi connectivity index (χ0v) is 15.3. The summed E-state index contributed by atoms with van der Waals surface area (Å²) in [6, 6.07) is 2.25. The van der Waals surface area contributed by atoms with E-state index in [0.29, 0.717) is 26.1 Å². The van der Waals surface area contributed by atoms with E-state index >= 15 is 0 Å². The maximum absolute atomic E-state index is 14.0. The fourth-order valence-corrected chi connectivity index (χ4v) is 3.38. The predicted molar refractivity (Wildman–Crippen MR) is 89.5 cm³/mol. The molecule has 2 atom stereocenters. The molecule has 0 unspecified atom stereocenters. The van der Waals surface area contributed by atoms with Crippen LogP contribution >= 0.6 is 0 Å². The number of aryl methyl sites for hydroxylation is 1. The third kappa shape index (κ3) is 4.40. The van der Waals surface area contributed by atoms with Crippen LogP contribution in [0.3, 0.4) is 0 Å². The minimum atomic E-state index is -0.802. The van der Waals surface area contributed by atoms with Crippen LogP contribution in [-0.2, 0) is 13.1 Å². The van der Waals surface area contributed by atoms with Crippen LogP contribution in [0.15, 0.2) is 10.6 Å². The molecule has 1 saturated heterocycles. The number of hydrogen-bond donors (Lipinski definition) is 0. The van der Waals surface area contributed by atoms with Crippen LogP contribution in [0, 0.1) is 6.92 Å². The van der Waals surface area contributed by atoms with Crippen LogP contribution in [0.2, 0.25) is 0 Å². The molecule has 3 heterocycles. The molecule has 0 spiro atoms. The van der Waals surface area contributed by atoms with E-state index in [9.17, 15) is 4.39 Å². The number of rotatable bonds is 7. The van der Waals surface area contributed by atoms with E-state index in [4.69, 9.17) is 4.52 Å². The van der Waals surface area contributed by atoms with E-state index in [1.807, 2.05) is 38.6 Å². The average molecular weight is 351 g/mol. The van der Waals surface area contributed by atoms with Gasteiger partial charge in [-0.3, -0.25) is 9.80 Å². The molecule has 0 radical (unpaired) electrons. The van der Waals surface area contributed by atoms with E-state index in [2.05, 4.69) is 30.5 Å². The van der Waals surface area contributed by atoms with E-state index in [1.165, 1.54) is 0 Å². The fourth-order valence-electron chi connectivity index (χ4n) is 3.38. The Hall–Kier alpha value is -1.87. The highest BCUT2D eigenvalue weighted by molar-refractivity contribution is 5.04. The lowest BCUT2D eigenvalue weighted by molar-refractivity contribution is 0.163. The molecular weight excluding hydrogens is 325 g/mol. The van der Waals surface area contributed by atoms with Gasteiger partial charge >= 0.3 is 0 Å². The Morgan fingerprint density at radius 1 is 1.44 bits per heavy atom. The number of tetrazole rings is 1. The first-order valence-electron chi connectivity index (χ1n) is 8.68. The quantitative estimate of drug-likeness (QED) is 0.750. The molecule has 138 valence electrons. The van der Waals surface area contributed by atoms with Gasteiger partial charge in [0, 0.05) is 25.2 Å². The second-order valence-corrected chi connectivity index (χ2v) is 7.18. The van der Waals surface area contributed by atoms with Gasteiger partial charge in [-0.2, -0.15) is 0 Å². The highest BCUT2D eigenvalue weighted by Gasteiger charge is 2.33. The molecule has 1 aliphatic rings. The van der Waals surface area contributed by atoms with Crippen molar-refractivity contribution in [2.45, 2.75) is 58.5 Å². The molecule has 0 aromatic carbocycles. The number of hydrogen-bond acceptors (Lipinski definition) is 7. The summed E-state index contributed by atoms with van der Waals surface area (Å²) >= 11 is 0. The summed E-state index contributed by atoms with van der Waals surface area (Å²) in [5.74, 6) is 1.60. The number of halogens is 1. The van der Waals surface area contributed by atoms with Crippen molar-refractivity contribution in [3.8, 4) is 0 Å². The minimum absolute atomic E-state index is 0.133. The van der Waals surface area contributed by atoms with Crippen molar-refractivity contribution in [3.63, 3.8) is 0 Å². The zero-order valence-electron chi connectivity index (χ0n) is 15.3. The fraction of sp³-hybridized carbons (Fsp3) is 0.750. The van der Waals surface area contributed by atoms with Crippen molar-refractivity contribution in [3.05, 3.63) is 23.3 Å². The Labute approximate surface area is 146 Å². The molecular formula is C16H26FN7O. The van der Waals surface area contributed by atoms with E-state index in [-0.39, 0.29) is 12.1 Å². The van der Waals surface area contributed by atoms with Crippen LogP contribution in [0.25, 0.3) is 0 Å². The molecule has 1 aliphatic heterocycles.